The first kappa shape index (κ1) is 17.7. The lowest BCUT2D eigenvalue weighted by atomic mass is 10.0. The number of nitrogens with zero attached hydrogens (tertiary/aromatic N) is 1. The van der Waals surface area contributed by atoms with Crippen LogP contribution in [0.1, 0.15) is 24.4 Å². The molecule has 0 aromatic heterocycles. The number of hydrogen-bond acceptors (Lipinski definition) is 4. The number of ether oxygens (including phenoxy) is 2. The third-order valence-corrected chi connectivity index (χ3v) is 5.47. The summed E-state index contributed by atoms with van der Waals surface area (Å²) in [5.41, 5.74) is 1.03. The first-order valence-electron chi connectivity index (χ1n) is 8.42. The molecule has 0 spiro atoms. The van der Waals surface area contributed by atoms with Crippen molar-refractivity contribution in [1.29, 1.82) is 0 Å². The second-order valence-corrected chi connectivity index (χ2v) is 7.00. The largest absolute Gasteiger partial charge is 0.497 e. The molecule has 1 amide bonds. The molecule has 0 N–H and O–H groups in total. The molecule has 1 aliphatic heterocycles. The van der Waals surface area contributed by atoms with E-state index in [1.165, 1.54) is 0 Å². The summed E-state index contributed by atoms with van der Waals surface area (Å²) >= 11 is 1.58. The van der Waals surface area contributed by atoms with Crippen LogP contribution in [-0.4, -0.2) is 37.3 Å². The van der Waals surface area contributed by atoms with E-state index < -0.39 is 0 Å². The Bertz CT molecular complexity index is 720. The number of methoxy groups -OCH3 is 2. The molecule has 1 atom stereocenters. The summed E-state index contributed by atoms with van der Waals surface area (Å²) in [6.07, 6.45) is 1.96. The summed E-state index contributed by atoms with van der Waals surface area (Å²) in [6.45, 7) is 0.791. The molecule has 1 heterocycles. The van der Waals surface area contributed by atoms with Gasteiger partial charge in [-0.25, -0.2) is 0 Å². The van der Waals surface area contributed by atoms with Crippen LogP contribution in [0.15, 0.2) is 53.4 Å². The molecule has 2 aromatic carbocycles. The molecule has 0 radical (unpaired) electrons. The molecule has 4 nitrogen and oxygen atoms in total. The van der Waals surface area contributed by atoms with Crippen LogP contribution >= 0.6 is 11.8 Å². The van der Waals surface area contributed by atoms with E-state index in [9.17, 15) is 4.79 Å². The average molecular weight is 357 g/mol. The lowest BCUT2D eigenvalue weighted by Gasteiger charge is -2.26. The zero-order valence-electron chi connectivity index (χ0n) is 14.6. The van der Waals surface area contributed by atoms with Gasteiger partial charge in [-0.2, -0.15) is 0 Å². The highest BCUT2D eigenvalue weighted by molar-refractivity contribution is 8.00. The van der Waals surface area contributed by atoms with Gasteiger partial charge in [-0.3, -0.25) is 4.79 Å². The van der Waals surface area contributed by atoms with Gasteiger partial charge in [0.1, 0.15) is 11.5 Å². The number of benzene rings is 2. The molecule has 0 bridgehead atoms. The second-order valence-electron chi connectivity index (χ2n) is 5.95. The van der Waals surface area contributed by atoms with Crippen molar-refractivity contribution in [2.75, 3.05) is 26.5 Å². The average Bonchev–Trinajstić information content (AvgIpc) is 3.16. The number of carbonyl (C=O) groups is 1. The molecular weight excluding hydrogens is 334 g/mol. The van der Waals surface area contributed by atoms with Crippen LogP contribution in [0.25, 0.3) is 0 Å². The van der Waals surface area contributed by atoms with Crippen LogP contribution in [0, 0.1) is 0 Å². The topological polar surface area (TPSA) is 38.8 Å². The fourth-order valence-electron chi connectivity index (χ4n) is 3.23. The van der Waals surface area contributed by atoms with Crippen molar-refractivity contribution in [3.8, 4) is 11.5 Å². The fraction of sp³-hybridized carbons (Fsp3) is 0.350. The Morgan fingerprint density at radius 3 is 2.68 bits per heavy atom. The van der Waals surface area contributed by atoms with Crippen molar-refractivity contribution < 1.29 is 14.3 Å². The fourth-order valence-corrected chi connectivity index (χ4v) is 4.04. The summed E-state index contributed by atoms with van der Waals surface area (Å²) in [5.74, 6) is 2.21. The van der Waals surface area contributed by atoms with Gasteiger partial charge in [0, 0.05) is 17.0 Å². The van der Waals surface area contributed by atoms with E-state index >= 15 is 0 Å². The van der Waals surface area contributed by atoms with Crippen LogP contribution < -0.4 is 9.47 Å². The van der Waals surface area contributed by atoms with Gasteiger partial charge in [0.15, 0.2) is 0 Å². The van der Waals surface area contributed by atoms with Gasteiger partial charge in [-0.1, -0.05) is 18.2 Å². The monoisotopic (exact) mass is 357 g/mol. The predicted octanol–water partition coefficient (Wildman–Crippen LogP) is 4.16. The molecule has 0 saturated carbocycles. The Balaban J connectivity index is 1.75. The zero-order chi connectivity index (χ0) is 17.6. The Kier molecular flexibility index (Phi) is 5.87. The second kappa shape index (κ2) is 8.30. The van der Waals surface area contributed by atoms with E-state index in [0.717, 1.165) is 41.3 Å². The maximum atomic E-state index is 12.8. The Morgan fingerprint density at radius 2 is 1.96 bits per heavy atom. The van der Waals surface area contributed by atoms with Crippen molar-refractivity contribution in [2.45, 2.75) is 23.8 Å². The van der Waals surface area contributed by atoms with Gasteiger partial charge in [0.25, 0.3) is 0 Å². The highest BCUT2D eigenvalue weighted by Gasteiger charge is 2.32. The van der Waals surface area contributed by atoms with E-state index in [1.807, 2.05) is 53.4 Å². The number of hydrogen-bond donors (Lipinski definition) is 0. The highest BCUT2D eigenvalue weighted by atomic mass is 32.2. The standard InChI is InChI=1S/C20H23NO3S/c1-23-15-10-11-19(24-2)17(13-15)18-9-6-12-21(18)20(22)14-25-16-7-4-3-5-8-16/h3-5,7-8,10-11,13,18H,6,9,12,14H2,1-2H3/t18-/m1/s1. The smallest absolute Gasteiger partial charge is 0.233 e. The first-order valence-corrected chi connectivity index (χ1v) is 9.40. The third kappa shape index (κ3) is 4.10. The highest BCUT2D eigenvalue weighted by Crippen LogP contribution is 2.39. The van der Waals surface area contributed by atoms with Crippen LogP contribution in [-0.2, 0) is 4.79 Å². The van der Waals surface area contributed by atoms with Crippen molar-refractivity contribution >= 4 is 17.7 Å². The van der Waals surface area contributed by atoms with Crippen LogP contribution in [0.2, 0.25) is 0 Å². The van der Waals surface area contributed by atoms with Crippen molar-refractivity contribution in [1.82, 2.24) is 4.90 Å². The number of rotatable bonds is 6. The molecule has 1 fully saturated rings. The maximum Gasteiger partial charge on any atom is 0.233 e. The molecule has 0 unspecified atom stereocenters. The molecule has 3 rings (SSSR count). The van der Waals surface area contributed by atoms with Gasteiger partial charge in [0.2, 0.25) is 5.91 Å². The lowest BCUT2D eigenvalue weighted by Crippen LogP contribution is -2.32. The Morgan fingerprint density at radius 1 is 1.16 bits per heavy atom. The van der Waals surface area contributed by atoms with Crippen LogP contribution in [0.5, 0.6) is 11.5 Å². The number of carbonyl (C=O) groups excluding carboxylic acids is 1. The lowest BCUT2D eigenvalue weighted by molar-refractivity contribution is -0.129. The molecule has 132 valence electrons. The number of likely N-dealkylation sites (tertiary alicyclic amines) is 1. The molecule has 2 aromatic rings. The van der Waals surface area contributed by atoms with Gasteiger partial charge in [0.05, 0.1) is 26.0 Å². The normalized spacial score (nSPS) is 16.7. The van der Waals surface area contributed by atoms with Gasteiger partial charge in [-0.05, 0) is 43.2 Å². The quantitative estimate of drug-likeness (QED) is 0.728. The summed E-state index contributed by atoms with van der Waals surface area (Å²) in [4.78, 5) is 15.9. The van der Waals surface area contributed by atoms with Crippen molar-refractivity contribution in [3.63, 3.8) is 0 Å². The van der Waals surface area contributed by atoms with E-state index in [-0.39, 0.29) is 11.9 Å². The molecular formula is C20H23NO3S. The number of amides is 1. The Hall–Kier alpha value is -2.14. The Labute approximate surface area is 153 Å². The summed E-state index contributed by atoms with van der Waals surface area (Å²) in [6, 6.07) is 15.9. The first-order chi connectivity index (χ1) is 12.2. The molecule has 25 heavy (non-hydrogen) atoms. The van der Waals surface area contributed by atoms with Crippen molar-refractivity contribution in [2.24, 2.45) is 0 Å². The van der Waals surface area contributed by atoms with Crippen LogP contribution in [0.3, 0.4) is 0 Å². The minimum atomic E-state index is 0.0499. The predicted molar refractivity (Wildman–Crippen MR) is 100 cm³/mol. The van der Waals surface area contributed by atoms with Crippen molar-refractivity contribution in [3.05, 3.63) is 54.1 Å². The summed E-state index contributed by atoms with van der Waals surface area (Å²) in [5, 5.41) is 0. The van der Waals surface area contributed by atoms with Crippen LogP contribution in [0.4, 0.5) is 0 Å². The van der Waals surface area contributed by atoms with Gasteiger partial charge >= 0.3 is 0 Å². The minimum Gasteiger partial charge on any atom is -0.497 e. The van der Waals surface area contributed by atoms with E-state index in [1.54, 1.807) is 26.0 Å². The third-order valence-electron chi connectivity index (χ3n) is 4.47. The van der Waals surface area contributed by atoms with E-state index in [2.05, 4.69) is 0 Å². The van der Waals surface area contributed by atoms with E-state index in [4.69, 9.17) is 9.47 Å². The van der Waals surface area contributed by atoms with Gasteiger partial charge in [-0.15, -0.1) is 11.8 Å². The molecule has 0 aliphatic carbocycles. The maximum absolute atomic E-state index is 12.8. The molecule has 1 aliphatic rings. The minimum absolute atomic E-state index is 0.0499. The SMILES string of the molecule is COc1ccc(OC)c([C@H]2CCCN2C(=O)CSc2ccccc2)c1. The van der Waals surface area contributed by atoms with Gasteiger partial charge < -0.3 is 14.4 Å². The summed E-state index contributed by atoms with van der Waals surface area (Å²) < 4.78 is 10.9. The molecule has 5 heteroatoms. The summed E-state index contributed by atoms with van der Waals surface area (Å²) in [7, 11) is 3.32. The number of thioether (sulfide) groups is 1. The zero-order valence-corrected chi connectivity index (χ0v) is 15.4. The molecule has 1 saturated heterocycles. The van der Waals surface area contributed by atoms with E-state index in [0.29, 0.717) is 5.75 Å².